The van der Waals surface area contributed by atoms with Crippen molar-refractivity contribution in [3.63, 3.8) is 0 Å². The molecule has 246 valence electrons. The number of aromatic nitrogens is 2. The Morgan fingerprint density at radius 3 is 2.31 bits per heavy atom. The SMILES string of the molecule is CC(C)(C)C(NC(=O)O)C(Cc1ccccc1)NC(=O)c1cc(-c2cn(S(=O)(=O)c3ccccc3)c3ncccc23)c(-c2ccoc2)s1. The Hall–Kier alpha value is -5.20. The van der Waals surface area contributed by atoms with Gasteiger partial charge < -0.3 is 20.2 Å². The van der Waals surface area contributed by atoms with Gasteiger partial charge in [0.05, 0.1) is 34.4 Å². The van der Waals surface area contributed by atoms with Gasteiger partial charge in [0.1, 0.15) is 0 Å². The Labute approximate surface area is 282 Å². The third kappa shape index (κ3) is 6.62. The third-order valence-electron chi connectivity index (χ3n) is 8.09. The molecule has 0 fully saturated rings. The Kier molecular flexibility index (Phi) is 8.95. The predicted octanol–water partition coefficient (Wildman–Crippen LogP) is 7.29. The van der Waals surface area contributed by atoms with Gasteiger partial charge in [0.15, 0.2) is 5.65 Å². The smallest absolute Gasteiger partial charge is 0.404 e. The van der Waals surface area contributed by atoms with Crippen LogP contribution in [-0.4, -0.2) is 46.6 Å². The summed E-state index contributed by atoms with van der Waals surface area (Å²) in [5, 5.41) is 16.1. The normalized spacial score (nSPS) is 13.2. The molecule has 0 spiro atoms. The topological polar surface area (TPSA) is 144 Å². The molecule has 3 N–H and O–H groups in total. The van der Waals surface area contributed by atoms with E-state index >= 15 is 0 Å². The van der Waals surface area contributed by atoms with Crippen LogP contribution in [0.15, 0.2) is 119 Å². The molecule has 48 heavy (non-hydrogen) atoms. The van der Waals surface area contributed by atoms with Crippen LogP contribution in [0.2, 0.25) is 0 Å². The molecule has 6 rings (SSSR count). The number of carbonyl (C=O) groups is 2. The molecule has 10 nitrogen and oxygen atoms in total. The highest BCUT2D eigenvalue weighted by atomic mass is 32.2. The van der Waals surface area contributed by atoms with E-state index in [1.807, 2.05) is 51.1 Å². The number of rotatable bonds is 10. The number of amides is 2. The van der Waals surface area contributed by atoms with Crippen molar-refractivity contribution in [1.82, 2.24) is 19.6 Å². The summed E-state index contributed by atoms with van der Waals surface area (Å²) < 4.78 is 34.2. The minimum Gasteiger partial charge on any atom is -0.472 e. The molecule has 2 atom stereocenters. The summed E-state index contributed by atoms with van der Waals surface area (Å²) in [7, 11) is -4.00. The monoisotopic (exact) mass is 682 g/mol. The summed E-state index contributed by atoms with van der Waals surface area (Å²) in [5.41, 5.74) is 2.57. The Bertz CT molecular complexity index is 2170. The average molecular weight is 683 g/mol. The summed E-state index contributed by atoms with van der Waals surface area (Å²) in [5.74, 6) is -0.392. The number of furan rings is 1. The fraction of sp³-hybridized carbons (Fsp3) is 0.194. The molecule has 0 saturated carbocycles. The maximum atomic E-state index is 14.1. The lowest BCUT2D eigenvalue weighted by atomic mass is 9.80. The van der Waals surface area contributed by atoms with Crippen LogP contribution in [0.4, 0.5) is 4.79 Å². The molecular formula is C36H34N4O6S2. The first-order chi connectivity index (χ1) is 22.9. The van der Waals surface area contributed by atoms with Crippen LogP contribution in [-0.2, 0) is 16.4 Å². The third-order valence-corrected chi connectivity index (χ3v) is 10.9. The van der Waals surface area contributed by atoms with E-state index in [4.69, 9.17) is 4.42 Å². The second-order valence-corrected chi connectivity index (χ2v) is 15.3. The van der Waals surface area contributed by atoms with E-state index in [1.54, 1.807) is 48.7 Å². The number of pyridine rings is 1. The molecule has 4 aromatic heterocycles. The average Bonchev–Trinajstić information content (AvgIpc) is 3.83. The quantitative estimate of drug-likeness (QED) is 0.138. The first kappa shape index (κ1) is 32.7. The van der Waals surface area contributed by atoms with Crippen molar-refractivity contribution in [3.05, 3.63) is 120 Å². The van der Waals surface area contributed by atoms with Crippen molar-refractivity contribution >= 4 is 44.4 Å². The zero-order valence-electron chi connectivity index (χ0n) is 26.5. The van der Waals surface area contributed by atoms with E-state index in [0.717, 1.165) is 5.56 Å². The highest BCUT2D eigenvalue weighted by Gasteiger charge is 2.35. The molecule has 0 radical (unpaired) electrons. The van der Waals surface area contributed by atoms with Gasteiger partial charge in [-0.2, -0.15) is 0 Å². The second-order valence-electron chi connectivity index (χ2n) is 12.5. The number of carboxylic acid groups (broad SMARTS) is 1. The van der Waals surface area contributed by atoms with Crippen LogP contribution in [0.25, 0.3) is 32.6 Å². The minimum atomic E-state index is -4.00. The van der Waals surface area contributed by atoms with Crippen LogP contribution < -0.4 is 10.6 Å². The molecule has 0 bridgehead atoms. The predicted molar refractivity (Wildman–Crippen MR) is 186 cm³/mol. The van der Waals surface area contributed by atoms with Gasteiger partial charge in [-0.3, -0.25) is 4.79 Å². The fourth-order valence-corrected chi connectivity index (χ4v) is 8.27. The van der Waals surface area contributed by atoms with Gasteiger partial charge >= 0.3 is 6.09 Å². The van der Waals surface area contributed by atoms with E-state index in [-0.39, 0.29) is 10.5 Å². The maximum Gasteiger partial charge on any atom is 0.404 e. The number of hydrogen-bond acceptors (Lipinski definition) is 7. The van der Waals surface area contributed by atoms with Crippen molar-refractivity contribution in [2.75, 3.05) is 0 Å². The van der Waals surface area contributed by atoms with E-state index in [1.165, 1.54) is 46.1 Å². The molecule has 12 heteroatoms. The fourth-order valence-electron chi connectivity index (χ4n) is 5.86. The Morgan fingerprint density at radius 2 is 1.67 bits per heavy atom. The van der Waals surface area contributed by atoms with Crippen molar-refractivity contribution in [2.24, 2.45) is 5.41 Å². The molecule has 0 aliphatic carbocycles. The minimum absolute atomic E-state index is 0.118. The number of benzene rings is 2. The van der Waals surface area contributed by atoms with Crippen molar-refractivity contribution in [3.8, 4) is 21.6 Å². The first-order valence-corrected chi connectivity index (χ1v) is 17.5. The van der Waals surface area contributed by atoms with Crippen LogP contribution in [0, 0.1) is 5.41 Å². The molecule has 0 saturated heterocycles. The van der Waals surface area contributed by atoms with E-state index < -0.39 is 39.5 Å². The van der Waals surface area contributed by atoms with E-state index in [9.17, 15) is 23.1 Å². The number of nitrogens with zero attached hydrogens (tertiary/aromatic N) is 2. The highest BCUT2D eigenvalue weighted by Crippen LogP contribution is 2.43. The summed E-state index contributed by atoms with van der Waals surface area (Å²) in [4.78, 5) is 31.6. The van der Waals surface area contributed by atoms with Gasteiger partial charge in [-0.05, 0) is 53.8 Å². The molecule has 0 aliphatic rings. The van der Waals surface area contributed by atoms with E-state index in [0.29, 0.717) is 38.3 Å². The number of hydrogen-bond donors (Lipinski definition) is 3. The molecular weight excluding hydrogens is 649 g/mol. The lowest BCUT2D eigenvalue weighted by molar-refractivity contribution is 0.0905. The van der Waals surface area contributed by atoms with Crippen LogP contribution in [0.1, 0.15) is 36.0 Å². The Balaban J connectivity index is 1.45. The van der Waals surface area contributed by atoms with Crippen molar-refractivity contribution in [1.29, 1.82) is 0 Å². The van der Waals surface area contributed by atoms with Crippen molar-refractivity contribution < 1.29 is 27.5 Å². The van der Waals surface area contributed by atoms with Gasteiger partial charge in [0, 0.05) is 39.3 Å². The summed E-state index contributed by atoms with van der Waals surface area (Å²) in [6, 6.07) is 23.5. The number of carbonyl (C=O) groups excluding carboxylic acids is 1. The lowest BCUT2D eigenvalue weighted by Crippen LogP contribution is -2.58. The van der Waals surface area contributed by atoms with Crippen LogP contribution in [0.3, 0.4) is 0 Å². The van der Waals surface area contributed by atoms with Gasteiger partial charge in [0.2, 0.25) is 0 Å². The van der Waals surface area contributed by atoms with Gasteiger partial charge in [-0.25, -0.2) is 22.2 Å². The van der Waals surface area contributed by atoms with Crippen LogP contribution in [0.5, 0.6) is 0 Å². The summed E-state index contributed by atoms with van der Waals surface area (Å²) in [6.45, 7) is 5.77. The Morgan fingerprint density at radius 1 is 0.958 bits per heavy atom. The van der Waals surface area contributed by atoms with Gasteiger partial charge in [0.25, 0.3) is 15.9 Å². The molecule has 2 aromatic carbocycles. The largest absolute Gasteiger partial charge is 0.472 e. The summed E-state index contributed by atoms with van der Waals surface area (Å²) in [6.07, 6.45) is 5.38. The lowest BCUT2D eigenvalue weighted by Gasteiger charge is -2.37. The van der Waals surface area contributed by atoms with Crippen molar-refractivity contribution in [2.45, 2.75) is 44.2 Å². The van der Waals surface area contributed by atoms with Crippen LogP contribution >= 0.6 is 11.3 Å². The van der Waals surface area contributed by atoms with E-state index in [2.05, 4.69) is 15.6 Å². The highest BCUT2D eigenvalue weighted by molar-refractivity contribution is 7.90. The van der Waals surface area contributed by atoms with Gasteiger partial charge in [-0.1, -0.05) is 69.3 Å². The number of nitrogens with one attached hydrogen (secondary N) is 2. The standard InChI is InChI=1S/C36H34N4O6S2/c1-36(2,3)32(39-35(42)43)29(19-23-11-6-4-7-12-23)38-34(41)30-20-27(31(47-30)24-16-18-46-22-24)28-21-40(33-26(28)15-10-17-37-33)48(44,45)25-13-8-5-9-14-25/h4-18,20-22,29,32,39H,19H2,1-3H3,(H,38,41)(H,42,43). The molecule has 2 amide bonds. The first-order valence-electron chi connectivity index (χ1n) is 15.2. The molecule has 2 unspecified atom stereocenters. The zero-order valence-corrected chi connectivity index (χ0v) is 28.1. The number of fused-ring (bicyclic) bond motifs is 1. The molecule has 0 aliphatic heterocycles. The summed E-state index contributed by atoms with van der Waals surface area (Å²) >= 11 is 1.24. The van der Waals surface area contributed by atoms with Gasteiger partial charge in [-0.15, -0.1) is 11.3 Å². The maximum absolute atomic E-state index is 14.1. The molecule has 4 heterocycles. The molecule has 6 aromatic rings. The zero-order chi connectivity index (χ0) is 34.1. The second kappa shape index (κ2) is 13.1. The number of thiophene rings is 1.